The molecule has 5 heteroatoms. The van der Waals surface area contributed by atoms with Crippen LogP contribution < -0.4 is 0 Å². The maximum absolute atomic E-state index is 13.1. The lowest BCUT2D eigenvalue weighted by molar-refractivity contribution is 0.0987. The van der Waals surface area contributed by atoms with Crippen LogP contribution in [0.2, 0.25) is 0 Å². The molecule has 1 unspecified atom stereocenters. The summed E-state index contributed by atoms with van der Waals surface area (Å²) in [5.74, 6) is -0.646. The van der Waals surface area contributed by atoms with Gasteiger partial charge in [-0.25, -0.2) is 9.37 Å². The van der Waals surface area contributed by atoms with E-state index in [-0.39, 0.29) is 15.2 Å². The molecule has 0 aliphatic rings. The van der Waals surface area contributed by atoms with Crippen molar-refractivity contribution in [3.8, 4) is 0 Å². The van der Waals surface area contributed by atoms with Crippen LogP contribution in [-0.4, -0.2) is 15.6 Å². The minimum Gasteiger partial charge on any atom is -0.293 e. The summed E-state index contributed by atoms with van der Waals surface area (Å²) in [7, 11) is 0. The number of hydrogen-bond donors (Lipinski definition) is 0. The lowest BCUT2D eigenvalue weighted by Gasteiger charge is -2.07. The van der Waals surface area contributed by atoms with E-state index >= 15 is 0 Å². The SMILES string of the molecule is CCCC(Br)C(=O)c1cnc(Br)c(F)c1. The van der Waals surface area contributed by atoms with Gasteiger partial charge in [-0.3, -0.25) is 4.79 Å². The number of alkyl halides is 1. The van der Waals surface area contributed by atoms with Gasteiger partial charge in [-0.15, -0.1) is 0 Å². The van der Waals surface area contributed by atoms with Crippen LogP contribution in [0.1, 0.15) is 30.1 Å². The third-order valence-corrected chi connectivity index (χ3v) is 3.36. The average Bonchev–Trinajstić information content (AvgIpc) is 2.21. The number of ketones is 1. The van der Waals surface area contributed by atoms with Gasteiger partial charge in [-0.2, -0.15) is 0 Å². The first-order chi connectivity index (χ1) is 7.06. The molecule has 0 N–H and O–H groups in total. The van der Waals surface area contributed by atoms with E-state index in [2.05, 4.69) is 36.8 Å². The maximum Gasteiger partial charge on any atom is 0.178 e. The first-order valence-corrected chi connectivity index (χ1v) is 6.26. The van der Waals surface area contributed by atoms with E-state index < -0.39 is 5.82 Å². The molecule has 0 saturated carbocycles. The molecule has 0 saturated heterocycles. The number of halogens is 3. The fourth-order valence-electron chi connectivity index (χ4n) is 1.12. The van der Waals surface area contributed by atoms with Gasteiger partial charge in [-0.05, 0) is 28.4 Å². The topological polar surface area (TPSA) is 30.0 Å². The Kier molecular flexibility index (Phi) is 4.86. The Bertz CT molecular complexity index is 370. The Balaban J connectivity index is 2.87. The van der Waals surface area contributed by atoms with Crippen LogP contribution in [0.4, 0.5) is 4.39 Å². The number of Topliss-reactive ketones (excluding diaryl/α,β-unsaturated/α-hetero) is 1. The number of carbonyl (C=O) groups excluding carboxylic acids is 1. The summed E-state index contributed by atoms with van der Waals surface area (Å²) < 4.78 is 13.2. The van der Waals surface area contributed by atoms with Crippen molar-refractivity contribution in [3.05, 3.63) is 28.2 Å². The number of rotatable bonds is 4. The molecule has 1 heterocycles. The summed E-state index contributed by atoms with van der Waals surface area (Å²) in [5.41, 5.74) is 0.297. The van der Waals surface area contributed by atoms with E-state index in [0.29, 0.717) is 5.56 Å². The predicted octanol–water partition coefficient (Wildman–Crippen LogP) is 3.73. The van der Waals surface area contributed by atoms with Crippen LogP contribution in [0.15, 0.2) is 16.9 Å². The van der Waals surface area contributed by atoms with Crippen molar-refractivity contribution in [2.75, 3.05) is 0 Å². The molecule has 1 aromatic rings. The molecule has 0 aromatic carbocycles. The lowest BCUT2D eigenvalue weighted by atomic mass is 10.1. The van der Waals surface area contributed by atoms with Crippen LogP contribution in [0.25, 0.3) is 0 Å². The molecule has 0 radical (unpaired) electrons. The maximum atomic E-state index is 13.1. The average molecular weight is 339 g/mol. The summed E-state index contributed by atoms with van der Waals surface area (Å²) in [5, 5.41) is 0. The highest BCUT2D eigenvalue weighted by molar-refractivity contribution is 9.10. The van der Waals surface area contributed by atoms with Crippen molar-refractivity contribution in [3.63, 3.8) is 0 Å². The van der Waals surface area contributed by atoms with Crippen molar-refractivity contribution in [2.24, 2.45) is 0 Å². The second-order valence-corrected chi connectivity index (χ2v) is 4.97. The fourth-order valence-corrected chi connectivity index (χ4v) is 2.06. The standard InChI is InChI=1S/C10H10Br2FNO/c1-2-3-7(11)9(15)6-4-8(13)10(12)14-5-6/h4-5,7H,2-3H2,1H3. The van der Waals surface area contributed by atoms with Crippen molar-refractivity contribution < 1.29 is 9.18 Å². The second kappa shape index (κ2) is 5.70. The minimum atomic E-state index is -0.517. The van der Waals surface area contributed by atoms with Crippen molar-refractivity contribution in [1.82, 2.24) is 4.98 Å². The van der Waals surface area contributed by atoms with Crippen LogP contribution in [0, 0.1) is 5.82 Å². The Hall–Kier alpha value is -0.290. The molecule has 0 bridgehead atoms. The smallest absolute Gasteiger partial charge is 0.178 e. The zero-order valence-electron chi connectivity index (χ0n) is 8.14. The molecule has 15 heavy (non-hydrogen) atoms. The van der Waals surface area contributed by atoms with Crippen LogP contribution >= 0.6 is 31.9 Å². The molecule has 1 aromatic heterocycles. The van der Waals surface area contributed by atoms with E-state index in [1.54, 1.807) is 0 Å². The first-order valence-electron chi connectivity index (χ1n) is 4.55. The second-order valence-electron chi connectivity index (χ2n) is 3.12. The van der Waals surface area contributed by atoms with Gasteiger partial charge in [0.2, 0.25) is 0 Å². The minimum absolute atomic E-state index is 0.126. The molecule has 0 spiro atoms. The van der Waals surface area contributed by atoms with Crippen LogP contribution in [-0.2, 0) is 0 Å². The predicted molar refractivity (Wildman–Crippen MR) is 63.8 cm³/mol. The van der Waals surface area contributed by atoms with Gasteiger partial charge in [-0.1, -0.05) is 29.3 Å². The zero-order valence-corrected chi connectivity index (χ0v) is 11.3. The van der Waals surface area contributed by atoms with Gasteiger partial charge in [0, 0.05) is 11.8 Å². The summed E-state index contributed by atoms with van der Waals surface area (Å²) >= 11 is 6.21. The summed E-state index contributed by atoms with van der Waals surface area (Å²) in [6.45, 7) is 1.99. The van der Waals surface area contributed by atoms with Crippen molar-refractivity contribution in [1.29, 1.82) is 0 Å². The fraction of sp³-hybridized carbons (Fsp3) is 0.400. The molecular weight excluding hydrogens is 329 g/mol. The number of carbonyl (C=O) groups is 1. The zero-order chi connectivity index (χ0) is 11.4. The van der Waals surface area contributed by atoms with Crippen LogP contribution in [0.3, 0.4) is 0 Å². The number of pyridine rings is 1. The summed E-state index contributed by atoms with van der Waals surface area (Å²) in [4.78, 5) is 15.2. The first kappa shape index (κ1) is 12.8. The highest BCUT2D eigenvalue weighted by atomic mass is 79.9. The Morgan fingerprint density at radius 3 is 2.87 bits per heavy atom. The van der Waals surface area contributed by atoms with E-state index in [9.17, 15) is 9.18 Å². The lowest BCUT2D eigenvalue weighted by Crippen LogP contribution is -2.14. The highest BCUT2D eigenvalue weighted by Gasteiger charge is 2.17. The Labute approximate surface area is 105 Å². The Morgan fingerprint density at radius 1 is 1.67 bits per heavy atom. The molecule has 1 rings (SSSR count). The number of hydrogen-bond acceptors (Lipinski definition) is 2. The molecule has 0 fully saturated rings. The van der Waals surface area contributed by atoms with Gasteiger partial charge >= 0.3 is 0 Å². The monoisotopic (exact) mass is 337 g/mol. The highest BCUT2D eigenvalue weighted by Crippen LogP contribution is 2.18. The van der Waals surface area contributed by atoms with E-state index in [0.717, 1.165) is 12.8 Å². The largest absolute Gasteiger partial charge is 0.293 e. The molecule has 0 aliphatic heterocycles. The van der Waals surface area contributed by atoms with Gasteiger partial charge < -0.3 is 0 Å². The van der Waals surface area contributed by atoms with E-state index in [1.165, 1.54) is 12.3 Å². The normalized spacial score (nSPS) is 12.5. The summed E-state index contributed by atoms with van der Waals surface area (Å²) in [6.07, 6.45) is 3.00. The van der Waals surface area contributed by atoms with Crippen LogP contribution in [0.5, 0.6) is 0 Å². The third-order valence-electron chi connectivity index (χ3n) is 1.91. The van der Waals surface area contributed by atoms with Gasteiger partial charge in [0.15, 0.2) is 11.6 Å². The summed E-state index contributed by atoms with van der Waals surface area (Å²) in [6, 6.07) is 1.20. The van der Waals surface area contributed by atoms with Crippen molar-refractivity contribution >= 4 is 37.6 Å². The van der Waals surface area contributed by atoms with E-state index in [1.807, 2.05) is 6.92 Å². The van der Waals surface area contributed by atoms with Gasteiger partial charge in [0.25, 0.3) is 0 Å². The van der Waals surface area contributed by atoms with Gasteiger partial charge in [0.05, 0.1) is 4.83 Å². The quantitative estimate of drug-likeness (QED) is 0.475. The van der Waals surface area contributed by atoms with Gasteiger partial charge in [0.1, 0.15) is 4.60 Å². The third kappa shape index (κ3) is 3.34. The molecule has 0 aliphatic carbocycles. The molecular formula is C10H10Br2FNO. The Morgan fingerprint density at radius 2 is 2.33 bits per heavy atom. The molecule has 82 valence electrons. The molecule has 1 atom stereocenters. The van der Waals surface area contributed by atoms with E-state index in [4.69, 9.17) is 0 Å². The van der Waals surface area contributed by atoms with Crippen molar-refractivity contribution in [2.45, 2.75) is 24.6 Å². The molecule has 2 nitrogen and oxygen atoms in total. The number of aromatic nitrogens is 1. The molecule has 0 amide bonds. The number of nitrogens with zero attached hydrogens (tertiary/aromatic N) is 1.